The van der Waals surface area contributed by atoms with E-state index in [-0.39, 0.29) is 28.6 Å². The summed E-state index contributed by atoms with van der Waals surface area (Å²) in [6.07, 6.45) is 1.10. The first-order chi connectivity index (χ1) is 21.1. The Morgan fingerprint density at radius 2 is 2.00 bits per heavy atom. The van der Waals surface area contributed by atoms with Crippen LogP contribution in [0.3, 0.4) is 0 Å². The third-order valence-electron chi connectivity index (χ3n) is 7.59. The molecule has 1 atom stereocenters. The van der Waals surface area contributed by atoms with E-state index in [0.717, 1.165) is 12.8 Å². The molecule has 44 heavy (non-hydrogen) atoms. The lowest BCUT2D eigenvalue weighted by Crippen LogP contribution is -2.40. The number of hydrogen-bond donors (Lipinski definition) is 0. The van der Waals surface area contributed by atoms with Gasteiger partial charge in [0.25, 0.3) is 17.9 Å². The minimum Gasteiger partial charge on any atom is -0.494 e. The van der Waals surface area contributed by atoms with Crippen molar-refractivity contribution in [3.05, 3.63) is 80.3 Å². The Bertz CT molecular complexity index is 1700. The van der Waals surface area contributed by atoms with E-state index in [9.17, 15) is 18.4 Å². The molecule has 0 aliphatic carbocycles. The Labute approximate surface area is 264 Å². The van der Waals surface area contributed by atoms with Gasteiger partial charge in [-0.15, -0.1) is 11.3 Å². The van der Waals surface area contributed by atoms with E-state index in [4.69, 9.17) is 21.3 Å². The number of halogens is 3. The fourth-order valence-corrected chi connectivity index (χ4v) is 6.55. The van der Waals surface area contributed by atoms with Gasteiger partial charge in [0.1, 0.15) is 16.5 Å². The zero-order chi connectivity index (χ0) is 31.5. The number of likely N-dealkylation sites (tertiary alicyclic amines) is 1. The number of piperidine rings is 1. The van der Waals surface area contributed by atoms with Crippen LogP contribution in [0.2, 0.25) is 5.02 Å². The van der Waals surface area contributed by atoms with Crippen molar-refractivity contribution in [1.82, 2.24) is 19.4 Å². The van der Waals surface area contributed by atoms with E-state index in [2.05, 4.69) is 11.9 Å². The molecule has 0 bridgehead atoms. The quantitative estimate of drug-likeness (QED) is 0.185. The van der Waals surface area contributed by atoms with Crippen molar-refractivity contribution >= 4 is 28.8 Å². The number of nitrogens with zero attached hydrogens (tertiary/aromatic N) is 4. The largest absolute Gasteiger partial charge is 0.494 e. The zero-order valence-electron chi connectivity index (χ0n) is 25.1. The van der Waals surface area contributed by atoms with Gasteiger partial charge < -0.3 is 9.64 Å². The number of alkyl halides is 2. The monoisotopic (exact) mass is 640 g/mol. The molecule has 0 saturated carbocycles. The Morgan fingerprint density at radius 1 is 1.20 bits per heavy atom. The predicted octanol–water partition coefficient (Wildman–Crippen LogP) is 8.08. The number of pyridine rings is 2. The standard InChI is InChI=1S/C33H35ClF2N4O3S/c1-5-43-22-9-10-25(34)29(14-22)40-28(13-19(2)3)23(32(41)39-12-6-7-20(4)17-39)15-24(33(40)42)31-38-27(18-44-31)21-8-11-26(30(35)36)37-16-21/h8-11,14-16,18-20,30H,5-7,12-13,17H2,1-4H3/t20-/m0/s1. The van der Waals surface area contributed by atoms with Crippen LogP contribution in [0.5, 0.6) is 5.75 Å². The van der Waals surface area contributed by atoms with Crippen LogP contribution in [-0.4, -0.2) is 45.0 Å². The summed E-state index contributed by atoms with van der Waals surface area (Å²) in [5.41, 5.74) is 2.02. The normalized spacial score (nSPS) is 15.3. The molecule has 232 valence electrons. The number of carbonyl (C=O) groups is 1. The molecule has 7 nitrogen and oxygen atoms in total. The molecule has 0 N–H and O–H groups in total. The fourth-order valence-electron chi connectivity index (χ4n) is 5.51. The summed E-state index contributed by atoms with van der Waals surface area (Å²) in [5, 5.41) is 2.48. The lowest BCUT2D eigenvalue weighted by molar-refractivity contribution is 0.0681. The zero-order valence-corrected chi connectivity index (χ0v) is 26.7. The van der Waals surface area contributed by atoms with Gasteiger partial charge in [0, 0.05) is 42.0 Å². The van der Waals surface area contributed by atoms with E-state index >= 15 is 0 Å². The summed E-state index contributed by atoms with van der Waals surface area (Å²) in [7, 11) is 0. The second-order valence-corrected chi connectivity index (χ2v) is 12.8. The highest BCUT2D eigenvalue weighted by Crippen LogP contribution is 2.33. The van der Waals surface area contributed by atoms with Crippen molar-refractivity contribution in [2.24, 2.45) is 11.8 Å². The maximum atomic E-state index is 14.5. The number of aromatic nitrogens is 3. The van der Waals surface area contributed by atoms with Crippen molar-refractivity contribution < 1.29 is 18.3 Å². The van der Waals surface area contributed by atoms with Crippen LogP contribution in [-0.2, 0) is 6.42 Å². The highest BCUT2D eigenvalue weighted by molar-refractivity contribution is 7.13. The molecule has 5 rings (SSSR count). The van der Waals surface area contributed by atoms with Crippen LogP contribution in [0.25, 0.3) is 27.5 Å². The number of hydrogen-bond acceptors (Lipinski definition) is 6. The summed E-state index contributed by atoms with van der Waals surface area (Å²) in [6, 6.07) is 9.61. The highest BCUT2D eigenvalue weighted by Gasteiger charge is 2.29. The van der Waals surface area contributed by atoms with E-state index in [0.29, 0.717) is 76.0 Å². The van der Waals surface area contributed by atoms with Gasteiger partial charge >= 0.3 is 0 Å². The summed E-state index contributed by atoms with van der Waals surface area (Å²) in [4.78, 5) is 39.1. The van der Waals surface area contributed by atoms with Gasteiger partial charge in [-0.25, -0.2) is 13.8 Å². The van der Waals surface area contributed by atoms with Crippen LogP contribution in [0, 0.1) is 11.8 Å². The van der Waals surface area contributed by atoms with Gasteiger partial charge in [0.2, 0.25) is 0 Å². The second-order valence-electron chi connectivity index (χ2n) is 11.5. The Morgan fingerprint density at radius 3 is 2.66 bits per heavy atom. The van der Waals surface area contributed by atoms with Crippen LogP contribution < -0.4 is 10.3 Å². The van der Waals surface area contributed by atoms with Crippen LogP contribution >= 0.6 is 22.9 Å². The fraction of sp³-hybridized carbons (Fsp3) is 0.394. The van der Waals surface area contributed by atoms with Crippen molar-refractivity contribution in [2.45, 2.75) is 53.4 Å². The molecule has 11 heteroatoms. The maximum Gasteiger partial charge on any atom is 0.280 e. The number of benzene rings is 1. The molecule has 1 saturated heterocycles. The Kier molecular flexibility index (Phi) is 9.80. The SMILES string of the molecule is CCOc1ccc(Cl)c(-n2c(CC(C)C)c(C(=O)N3CCC[C@H](C)C3)cc(-c3nc(-c4ccc(C(F)F)nc4)cs3)c2=O)c1. The second kappa shape index (κ2) is 13.6. The van der Waals surface area contributed by atoms with Gasteiger partial charge in [-0.2, -0.15) is 0 Å². The summed E-state index contributed by atoms with van der Waals surface area (Å²) in [5.74, 6) is 0.912. The van der Waals surface area contributed by atoms with Crippen molar-refractivity contribution in [2.75, 3.05) is 19.7 Å². The highest BCUT2D eigenvalue weighted by atomic mass is 35.5. The molecule has 1 fully saturated rings. The molecule has 0 unspecified atom stereocenters. The van der Waals surface area contributed by atoms with Gasteiger partial charge in [0.15, 0.2) is 0 Å². The first-order valence-electron chi connectivity index (χ1n) is 14.8. The molecule has 1 amide bonds. The summed E-state index contributed by atoms with van der Waals surface area (Å²) in [6.45, 7) is 9.80. The molecule has 0 spiro atoms. The van der Waals surface area contributed by atoms with E-state index in [1.807, 2.05) is 25.7 Å². The third-order valence-corrected chi connectivity index (χ3v) is 8.78. The molecule has 1 aliphatic heterocycles. The first kappa shape index (κ1) is 31.8. The molecule has 4 aromatic rings. The number of ether oxygens (including phenoxy) is 1. The maximum absolute atomic E-state index is 14.5. The van der Waals surface area contributed by atoms with Gasteiger partial charge in [-0.1, -0.05) is 32.4 Å². The van der Waals surface area contributed by atoms with Crippen LogP contribution in [0.15, 0.2) is 52.8 Å². The average molecular weight is 641 g/mol. The van der Waals surface area contributed by atoms with Crippen LogP contribution in [0.4, 0.5) is 8.78 Å². The smallest absolute Gasteiger partial charge is 0.280 e. The van der Waals surface area contributed by atoms with E-state index < -0.39 is 6.43 Å². The van der Waals surface area contributed by atoms with Gasteiger partial charge in [0.05, 0.1) is 34.1 Å². The Balaban J connectivity index is 1.73. The average Bonchev–Trinajstić information content (AvgIpc) is 3.48. The number of carbonyl (C=O) groups excluding carboxylic acids is 1. The van der Waals surface area contributed by atoms with Gasteiger partial charge in [-0.3, -0.25) is 19.1 Å². The molecule has 0 radical (unpaired) electrons. The van der Waals surface area contributed by atoms with Crippen molar-refractivity contribution in [3.8, 4) is 33.3 Å². The minimum atomic E-state index is -2.68. The number of rotatable bonds is 9. The molecule has 1 aliphatic rings. The molecule has 3 aromatic heterocycles. The molecular weight excluding hydrogens is 606 g/mol. The van der Waals surface area contributed by atoms with Gasteiger partial charge in [-0.05, 0) is 68.4 Å². The topological polar surface area (TPSA) is 77.3 Å². The van der Waals surface area contributed by atoms with E-state index in [1.54, 1.807) is 34.2 Å². The van der Waals surface area contributed by atoms with Crippen molar-refractivity contribution in [1.29, 1.82) is 0 Å². The third kappa shape index (κ3) is 6.71. The van der Waals surface area contributed by atoms with Crippen LogP contribution in [0.1, 0.15) is 68.7 Å². The van der Waals surface area contributed by atoms with E-state index in [1.165, 1.54) is 29.7 Å². The minimum absolute atomic E-state index is 0.127. The lowest BCUT2D eigenvalue weighted by Gasteiger charge is -2.32. The molecule has 1 aromatic carbocycles. The van der Waals surface area contributed by atoms with Crippen molar-refractivity contribution in [3.63, 3.8) is 0 Å². The summed E-state index contributed by atoms with van der Waals surface area (Å²) >= 11 is 7.98. The molecule has 4 heterocycles. The summed E-state index contributed by atoms with van der Waals surface area (Å²) < 4.78 is 33.4. The molecular formula is C33H35ClF2N4O3S. The lowest BCUT2D eigenvalue weighted by atomic mass is 9.96. The predicted molar refractivity (Wildman–Crippen MR) is 170 cm³/mol. The number of thiazole rings is 1. The first-order valence-corrected chi connectivity index (χ1v) is 16.0. The Hall–Kier alpha value is -3.63. The number of amides is 1.